The van der Waals surface area contributed by atoms with Crippen molar-refractivity contribution in [2.24, 2.45) is 17.8 Å². The Morgan fingerprint density at radius 2 is 1.96 bits per heavy atom. The summed E-state index contributed by atoms with van der Waals surface area (Å²) in [5.74, 6) is -3.27. The number of hydrogen-bond donors (Lipinski definition) is 2. The molecule has 3 unspecified atom stereocenters. The van der Waals surface area contributed by atoms with Gasteiger partial charge >= 0.3 is 11.9 Å². The van der Waals surface area contributed by atoms with Gasteiger partial charge in [0, 0.05) is 6.42 Å². The molecule has 0 bridgehead atoms. The van der Waals surface area contributed by atoms with Crippen LogP contribution in [-0.2, 0) is 20.9 Å². The van der Waals surface area contributed by atoms with Gasteiger partial charge in [-0.2, -0.15) is 0 Å². The summed E-state index contributed by atoms with van der Waals surface area (Å²) >= 11 is 11.8. The standard InChI is InChI=1S/C16H18Cl2O5/c1-8-4-13(15(16(21)22)10(8)6-14(19)20)23-7-9-2-3-11(17)12(18)5-9/h2-3,5,8,10,13,15H,4,6-7H2,1H3,(H,19,20)(H,21,22)/t8?,10?,13?,15-/m0/s1. The van der Waals surface area contributed by atoms with Crippen LogP contribution in [0.25, 0.3) is 0 Å². The van der Waals surface area contributed by atoms with E-state index in [1.807, 2.05) is 6.92 Å². The van der Waals surface area contributed by atoms with E-state index in [1.54, 1.807) is 18.2 Å². The molecule has 2 rings (SSSR count). The van der Waals surface area contributed by atoms with Crippen molar-refractivity contribution in [3.05, 3.63) is 33.8 Å². The molecule has 1 fully saturated rings. The second-order valence-electron chi connectivity index (χ2n) is 5.94. The molecule has 0 spiro atoms. The Kier molecular flexibility index (Phi) is 5.89. The second-order valence-corrected chi connectivity index (χ2v) is 6.75. The highest BCUT2D eigenvalue weighted by Gasteiger charge is 2.46. The largest absolute Gasteiger partial charge is 0.481 e. The van der Waals surface area contributed by atoms with Crippen LogP contribution in [0.4, 0.5) is 0 Å². The number of rotatable bonds is 6. The number of carbonyl (C=O) groups is 2. The predicted molar refractivity (Wildman–Crippen MR) is 85.7 cm³/mol. The predicted octanol–water partition coefficient (Wildman–Crippen LogP) is 3.71. The fourth-order valence-electron chi connectivity index (χ4n) is 3.19. The summed E-state index contributed by atoms with van der Waals surface area (Å²) in [7, 11) is 0. The Morgan fingerprint density at radius 1 is 1.26 bits per heavy atom. The zero-order valence-electron chi connectivity index (χ0n) is 12.5. The highest BCUT2D eigenvalue weighted by molar-refractivity contribution is 6.42. The van der Waals surface area contributed by atoms with Crippen LogP contribution in [0.5, 0.6) is 0 Å². The summed E-state index contributed by atoms with van der Waals surface area (Å²) in [4.78, 5) is 22.5. The van der Waals surface area contributed by atoms with E-state index < -0.39 is 29.9 Å². The van der Waals surface area contributed by atoms with Crippen LogP contribution < -0.4 is 0 Å². The summed E-state index contributed by atoms with van der Waals surface area (Å²) in [5.41, 5.74) is 0.790. The van der Waals surface area contributed by atoms with Gasteiger partial charge in [-0.15, -0.1) is 0 Å². The molecular formula is C16H18Cl2O5. The normalized spacial score (nSPS) is 27.1. The van der Waals surface area contributed by atoms with Crippen LogP contribution >= 0.6 is 23.2 Å². The summed E-state index contributed by atoms with van der Waals surface area (Å²) in [6, 6.07) is 5.09. The zero-order valence-corrected chi connectivity index (χ0v) is 14.0. The van der Waals surface area contributed by atoms with Gasteiger partial charge in [-0.1, -0.05) is 36.2 Å². The van der Waals surface area contributed by atoms with E-state index in [0.717, 1.165) is 5.56 Å². The van der Waals surface area contributed by atoms with E-state index in [1.165, 1.54) is 0 Å². The zero-order chi connectivity index (χ0) is 17.1. The molecule has 23 heavy (non-hydrogen) atoms. The lowest BCUT2D eigenvalue weighted by molar-refractivity contribution is -0.150. The molecule has 126 valence electrons. The molecule has 1 aliphatic carbocycles. The number of carboxylic acid groups (broad SMARTS) is 2. The average molecular weight is 361 g/mol. The van der Waals surface area contributed by atoms with E-state index in [0.29, 0.717) is 16.5 Å². The van der Waals surface area contributed by atoms with Crippen LogP contribution in [0, 0.1) is 17.8 Å². The van der Waals surface area contributed by atoms with Crippen LogP contribution in [-0.4, -0.2) is 28.3 Å². The van der Waals surface area contributed by atoms with Gasteiger partial charge in [0.05, 0.1) is 28.7 Å². The van der Waals surface area contributed by atoms with Crippen molar-refractivity contribution in [3.8, 4) is 0 Å². The molecule has 1 aliphatic rings. The van der Waals surface area contributed by atoms with E-state index in [2.05, 4.69) is 0 Å². The van der Waals surface area contributed by atoms with E-state index in [9.17, 15) is 14.7 Å². The monoisotopic (exact) mass is 360 g/mol. The molecule has 7 heteroatoms. The van der Waals surface area contributed by atoms with Crippen molar-refractivity contribution in [2.75, 3.05) is 0 Å². The Bertz CT molecular complexity index is 604. The van der Waals surface area contributed by atoms with Crippen molar-refractivity contribution in [1.29, 1.82) is 0 Å². The number of benzene rings is 1. The maximum atomic E-state index is 11.5. The third kappa shape index (κ3) is 4.37. The van der Waals surface area contributed by atoms with Gasteiger partial charge in [-0.05, 0) is 36.0 Å². The van der Waals surface area contributed by atoms with Crippen LogP contribution in [0.15, 0.2) is 18.2 Å². The molecule has 1 aromatic carbocycles. The summed E-state index contributed by atoms with van der Waals surface area (Å²) in [6.45, 7) is 2.07. The Labute approximate surface area is 144 Å². The minimum Gasteiger partial charge on any atom is -0.481 e. The number of halogens is 2. The Hall–Kier alpha value is -1.30. The van der Waals surface area contributed by atoms with Crippen molar-refractivity contribution in [2.45, 2.75) is 32.5 Å². The lowest BCUT2D eigenvalue weighted by atomic mass is 9.87. The first-order valence-electron chi connectivity index (χ1n) is 7.29. The quantitative estimate of drug-likeness (QED) is 0.807. The molecular weight excluding hydrogens is 343 g/mol. The molecule has 2 N–H and O–H groups in total. The Balaban J connectivity index is 2.07. The number of hydrogen-bond acceptors (Lipinski definition) is 3. The Morgan fingerprint density at radius 3 is 2.52 bits per heavy atom. The van der Waals surface area contributed by atoms with Crippen molar-refractivity contribution < 1.29 is 24.5 Å². The molecule has 1 aromatic rings. The fourth-order valence-corrected chi connectivity index (χ4v) is 3.51. The van der Waals surface area contributed by atoms with Gasteiger partial charge in [0.2, 0.25) is 0 Å². The first kappa shape index (κ1) is 18.0. The number of aliphatic carboxylic acids is 2. The molecule has 5 nitrogen and oxygen atoms in total. The first-order valence-corrected chi connectivity index (χ1v) is 8.05. The minimum absolute atomic E-state index is 0.0222. The highest BCUT2D eigenvalue weighted by atomic mass is 35.5. The highest BCUT2D eigenvalue weighted by Crippen LogP contribution is 2.41. The lowest BCUT2D eigenvalue weighted by Crippen LogP contribution is -2.31. The summed E-state index contributed by atoms with van der Waals surface area (Å²) in [5, 5.41) is 19.3. The third-order valence-corrected chi connectivity index (χ3v) is 5.08. The van der Waals surface area contributed by atoms with Gasteiger partial charge in [0.1, 0.15) is 0 Å². The van der Waals surface area contributed by atoms with Crippen molar-refractivity contribution in [3.63, 3.8) is 0 Å². The number of carboxylic acids is 2. The average Bonchev–Trinajstić information content (AvgIpc) is 2.76. The van der Waals surface area contributed by atoms with E-state index in [-0.39, 0.29) is 18.9 Å². The van der Waals surface area contributed by atoms with Crippen molar-refractivity contribution >= 4 is 35.1 Å². The van der Waals surface area contributed by atoms with E-state index >= 15 is 0 Å². The number of ether oxygens (including phenoxy) is 1. The molecule has 4 atom stereocenters. The van der Waals surface area contributed by atoms with Crippen LogP contribution in [0.1, 0.15) is 25.3 Å². The maximum Gasteiger partial charge on any atom is 0.309 e. The molecule has 0 radical (unpaired) electrons. The van der Waals surface area contributed by atoms with Gasteiger partial charge in [0.15, 0.2) is 0 Å². The lowest BCUT2D eigenvalue weighted by Gasteiger charge is -2.21. The molecule has 0 heterocycles. The maximum absolute atomic E-state index is 11.5. The molecule has 0 aliphatic heterocycles. The van der Waals surface area contributed by atoms with Crippen LogP contribution in [0.2, 0.25) is 10.0 Å². The van der Waals surface area contributed by atoms with E-state index in [4.69, 9.17) is 33.0 Å². The van der Waals surface area contributed by atoms with Crippen LogP contribution in [0.3, 0.4) is 0 Å². The summed E-state index contributed by atoms with van der Waals surface area (Å²) in [6.07, 6.45) is -0.151. The SMILES string of the molecule is CC1CC(OCc2ccc(Cl)c(Cl)c2)[C@@H](C(=O)O)C1CC(=O)O. The molecule has 0 aromatic heterocycles. The van der Waals surface area contributed by atoms with Gasteiger partial charge in [-0.25, -0.2) is 0 Å². The van der Waals surface area contributed by atoms with Crippen molar-refractivity contribution in [1.82, 2.24) is 0 Å². The van der Waals surface area contributed by atoms with Gasteiger partial charge in [-0.3, -0.25) is 9.59 Å². The molecule has 1 saturated carbocycles. The summed E-state index contributed by atoms with van der Waals surface area (Å²) < 4.78 is 5.76. The smallest absolute Gasteiger partial charge is 0.309 e. The molecule has 0 saturated heterocycles. The minimum atomic E-state index is -1.01. The van der Waals surface area contributed by atoms with Gasteiger partial charge < -0.3 is 14.9 Å². The topological polar surface area (TPSA) is 83.8 Å². The molecule has 0 amide bonds. The first-order chi connectivity index (χ1) is 10.8. The second kappa shape index (κ2) is 7.51. The fraction of sp³-hybridized carbons (Fsp3) is 0.500. The van der Waals surface area contributed by atoms with Gasteiger partial charge in [0.25, 0.3) is 0 Å². The third-order valence-electron chi connectivity index (χ3n) is 4.34.